The Kier molecular flexibility index (Phi) is 38.2. The summed E-state index contributed by atoms with van der Waals surface area (Å²) in [4.78, 5) is 68.5. The minimum atomic E-state index is -1.30. The van der Waals surface area contributed by atoms with Crippen molar-refractivity contribution in [3.05, 3.63) is 20.2 Å². The number of nitrogens with one attached hydrogen (secondary N) is 2. The van der Waals surface area contributed by atoms with E-state index >= 15 is 0 Å². The van der Waals surface area contributed by atoms with Gasteiger partial charge in [-0.05, 0) is 25.7 Å². The molecule has 22 heteroatoms. The van der Waals surface area contributed by atoms with E-state index in [1.54, 1.807) is 0 Å². The molecule has 22 nitrogen and oxygen atoms in total. The maximum Gasteiger partial charge on any atom is 0.303 e. The topological polar surface area (TPSA) is 349 Å². The van der Waals surface area contributed by atoms with Crippen LogP contribution in [0.15, 0.2) is 0 Å². The number of carboxylic acid groups (broad SMARTS) is 2. The van der Waals surface area contributed by atoms with Crippen LogP contribution in [0, 0.1) is 20.2 Å². The van der Waals surface area contributed by atoms with Crippen molar-refractivity contribution in [3.63, 3.8) is 0 Å². The summed E-state index contributed by atoms with van der Waals surface area (Å²) < 4.78 is 0. The summed E-state index contributed by atoms with van der Waals surface area (Å²) in [5.74, 6) is -4.71. The first kappa shape index (κ1) is 47.3. The van der Waals surface area contributed by atoms with E-state index in [4.69, 9.17) is 30.6 Å². The van der Waals surface area contributed by atoms with Gasteiger partial charge in [0.15, 0.2) is 0 Å². The van der Waals surface area contributed by atoms with E-state index in [1.807, 2.05) is 0 Å². The molecule has 8 N–H and O–H groups in total. The van der Waals surface area contributed by atoms with Gasteiger partial charge in [0.2, 0.25) is 0 Å². The van der Waals surface area contributed by atoms with Crippen molar-refractivity contribution in [2.75, 3.05) is 78.9 Å². The fourth-order valence-corrected chi connectivity index (χ4v) is 2.71. The van der Waals surface area contributed by atoms with E-state index in [9.17, 15) is 49.6 Å². The summed E-state index contributed by atoms with van der Waals surface area (Å²) in [5.41, 5.74) is 0. The third-order valence-electron chi connectivity index (χ3n) is 4.67. The second-order valence-corrected chi connectivity index (χ2v) is 8.17. The van der Waals surface area contributed by atoms with Crippen molar-refractivity contribution in [3.8, 4) is 0 Å². The number of nitrogens with zero attached hydrogens (tertiary/aromatic N) is 2. The molecule has 0 heterocycles. The van der Waals surface area contributed by atoms with Crippen LogP contribution < -0.4 is 20.0 Å². The molecule has 0 rings (SSSR count). The number of aliphatic hydroxyl groups excluding tert-OH is 6. The van der Waals surface area contributed by atoms with Crippen LogP contribution in [0.4, 0.5) is 0 Å². The van der Waals surface area contributed by atoms with Crippen LogP contribution in [0.3, 0.4) is 0 Å². The van der Waals surface area contributed by atoms with Crippen molar-refractivity contribution in [2.45, 2.75) is 38.5 Å². The minimum absolute atomic E-state index is 0.0188. The summed E-state index contributed by atoms with van der Waals surface area (Å²) >= 11 is 0. The molecule has 0 aliphatic rings. The Morgan fingerprint density at radius 1 is 0.500 bits per heavy atom. The highest BCUT2D eigenvalue weighted by Crippen LogP contribution is 1.97. The van der Waals surface area contributed by atoms with Gasteiger partial charge in [-0.3, -0.25) is 9.59 Å². The summed E-state index contributed by atoms with van der Waals surface area (Å²) in [7, 11) is 0. The number of rotatable bonds is 22. The number of hydrogen-bond acceptors (Lipinski definition) is 18. The van der Waals surface area contributed by atoms with E-state index in [2.05, 4.69) is 9.68 Å². The SMILES string of the molecule is O=C([O-])CCCC(=O)O[N+](=O)[O-].O=C([O-])CCCC(=O)O[N+](=O)[O-].OCC[NH+](CCO)CCO.OCC[NH+](CCO)CCO. The monoisotopic (exact) mass is 652 g/mol. The highest BCUT2D eigenvalue weighted by atomic mass is 17.0. The van der Waals surface area contributed by atoms with E-state index in [0.29, 0.717) is 39.3 Å². The number of carbonyl (C=O) groups excluding carboxylic acids is 4. The normalized spacial score (nSPS) is 9.82. The lowest BCUT2D eigenvalue weighted by Crippen LogP contribution is -3.13. The van der Waals surface area contributed by atoms with Crippen LogP contribution in [0.1, 0.15) is 38.5 Å². The summed E-state index contributed by atoms with van der Waals surface area (Å²) in [6.45, 7) is 4.23. The standard InChI is InChI=1S/2C6H15NO3.2C5H7NO6/c2*8-4-1-7(2-5-9)3-6-10;2*7-4(8)2-1-3-5(9)12-6(10)11/h2*8-10H,1-6H2;2*1-3H2,(H,7,8). The maximum absolute atomic E-state index is 10.4. The molecule has 0 unspecified atom stereocenters. The molecule has 260 valence electrons. The largest absolute Gasteiger partial charge is 0.550 e. The van der Waals surface area contributed by atoms with Gasteiger partial charge in [0.1, 0.15) is 39.3 Å². The molecule has 0 saturated heterocycles. The fraction of sp³-hybridized carbons (Fsp3) is 0.818. The Labute approximate surface area is 251 Å². The molecular formula is C22H44N4O18. The Bertz CT molecular complexity index is 683. The maximum atomic E-state index is 10.4. The van der Waals surface area contributed by atoms with Gasteiger partial charge < -0.3 is 60.2 Å². The van der Waals surface area contributed by atoms with Crippen molar-refractivity contribution in [1.29, 1.82) is 0 Å². The third kappa shape index (κ3) is 45.4. The second-order valence-electron chi connectivity index (χ2n) is 8.17. The number of hydrogen-bond donors (Lipinski definition) is 8. The van der Waals surface area contributed by atoms with Crippen LogP contribution in [-0.4, -0.2) is 144 Å². The lowest BCUT2D eigenvalue weighted by atomic mass is 10.2. The molecule has 0 aromatic carbocycles. The highest BCUT2D eigenvalue weighted by molar-refractivity contribution is 5.70. The van der Waals surface area contributed by atoms with Gasteiger partial charge in [-0.1, -0.05) is 0 Å². The predicted molar refractivity (Wildman–Crippen MR) is 138 cm³/mol. The van der Waals surface area contributed by atoms with Crippen LogP contribution in [0.5, 0.6) is 0 Å². The zero-order chi connectivity index (χ0) is 34.8. The van der Waals surface area contributed by atoms with Crippen molar-refractivity contribution in [1.82, 2.24) is 0 Å². The molecule has 0 saturated carbocycles. The average molecular weight is 653 g/mol. The molecule has 0 aliphatic heterocycles. The molecule has 0 fully saturated rings. The Morgan fingerprint density at radius 3 is 0.886 bits per heavy atom. The average Bonchev–Trinajstić information content (AvgIpc) is 2.89. The number of carbonyl (C=O) groups is 4. The molecule has 0 aromatic rings. The van der Waals surface area contributed by atoms with E-state index in [-0.39, 0.29) is 78.2 Å². The van der Waals surface area contributed by atoms with Gasteiger partial charge in [-0.2, -0.15) is 0 Å². The summed E-state index contributed by atoms with van der Waals surface area (Å²) in [6, 6.07) is 0. The van der Waals surface area contributed by atoms with Crippen LogP contribution in [-0.2, 0) is 28.9 Å². The third-order valence-corrected chi connectivity index (χ3v) is 4.67. The van der Waals surface area contributed by atoms with Gasteiger partial charge in [-0.15, -0.1) is 20.2 Å². The summed E-state index contributed by atoms with van der Waals surface area (Å²) in [5, 5.41) is 87.3. The van der Waals surface area contributed by atoms with E-state index in [1.165, 1.54) is 0 Å². The van der Waals surface area contributed by atoms with E-state index < -0.39 is 34.1 Å². The van der Waals surface area contributed by atoms with Gasteiger partial charge in [0.25, 0.3) is 0 Å². The quantitative estimate of drug-likeness (QED) is 0.0397. The molecule has 0 radical (unpaired) electrons. The molecular weight excluding hydrogens is 608 g/mol. The Morgan fingerprint density at radius 2 is 0.727 bits per heavy atom. The smallest absolute Gasteiger partial charge is 0.303 e. The first-order valence-corrected chi connectivity index (χ1v) is 13.2. The minimum Gasteiger partial charge on any atom is -0.550 e. The first-order valence-electron chi connectivity index (χ1n) is 13.2. The van der Waals surface area contributed by atoms with Crippen LogP contribution >= 0.6 is 0 Å². The van der Waals surface area contributed by atoms with Crippen molar-refractivity contribution >= 4 is 23.9 Å². The Hall–Kier alpha value is -3.64. The lowest BCUT2D eigenvalue weighted by molar-refractivity contribution is -0.901. The zero-order valence-corrected chi connectivity index (χ0v) is 24.2. The van der Waals surface area contributed by atoms with Crippen molar-refractivity contribution < 1.29 is 89.7 Å². The van der Waals surface area contributed by atoms with Gasteiger partial charge >= 0.3 is 22.1 Å². The number of carboxylic acids is 2. The first-order chi connectivity index (χ1) is 20.7. The lowest BCUT2D eigenvalue weighted by Gasteiger charge is -2.15. The van der Waals surface area contributed by atoms with E-state index in [0.717, 1.165) is 9.80 Å². The second kappa shape index (κ2) is 35.6. The number of quaternary nitrogens is 2. The number of aliphatic carboxylic acids is 2. The molecule has 0 spiro atoms. The molecule has 0 bridgehead atoms. The molecule has 0 aromatic heterocycles. The number of aliphatic hydroxyl groups is 6. The van der Waals surface area contributed by atoms with Gasteiger partial charge in [0.05, 0.1) is 39.6 Å². The highest BCUT2D eigenvalue weighted by Gasteiger charge is 2.07. The van der Waals surface area contributed by atoms with Crippen LogP contribution in [0.25, 0.3) is 0 Å². The predicted octanol–water partition coefficient (Wildman–Crippen LogP) is -9.02. The summed E-state index contributed by atoms with van der Waals surface area (Å²) in [6.07, 6.45) is -1.26. The Balaban J connectivity index is -0.000000243. The van der Waals surface area contributed by atoms with Gasteiger partial charge in [0, 0.05) is 24.8 Å². The zero-order valence-electron chi connectivity index (χ0n) is 24.2. The molecule has 0 aliphatic carbocycles. The molecule has 0 amide bonds. The fourth-order valence-electron chi connectivity index (χ4n) is 2.71. The van der Waals surface area contributed by atoms with Crippen LogP contribution in [0.2, 0.25) is 0 Å². The van der Waals surface area contributed by atoms with Crippen molar-refractivity contribution in [2.24, 2.45) is 0 Å². The molecule has 0 atom stereocenters. The molecule has 44 heavy (non-hydrogen) atoms. The van der Waals surface area contributed by atoms with Gasteiger partial charge in [-0.25, -0.2) is 9.68 Å².